The number of rotatable bonds is 5. The molecule has 0 saturated heterocycles. The Morgan fingerprint density at radius 1 is 1.43 bits per heavy atom. The average molecular weight is 332 g/mol. The largest absolute Gasteiger partial charge is 0.419 e. The molecule has 1 aromatic carbocycles. The number of nitrogens with zero attached hydrogens (tertiary/aromatic N) is 3. The lowest BCUT2D eigenvalue weighted by molar-refractivity contribution is 0.102. The fraction of sp³-hybridized carbons (Fsp3) is 0.267. The molecule has 1 amide bonds. The summed E-state index contributed by atoms with van der Waals surface area (Å²) in [7, 11) is 3.87. The molecule has 0 unspecified atom stereocenters. The van der Waals surface area contributed by atoms with E-state index >= 15 is 0 Å². The highest BCUT2D eigenvalue weighted by molar-refractivity contribution is 7.07. The van der Waals surface area contributed by atoms with Gasteiger partial charge in [-0.1, -0.05) is 0 Å². The van der Waals surface area contributed by atoms with Gasteiger partial charge in [0.15, 0.2) is 5.58 Å². The van der Waals surface area contributed by atoms with Crippen LogP contribution in [0.25, 0.3) is 11.1 Å². The Morgan fingerprint density at radius 2 is 2.26 bits per heavy atom. The number of likely N-dealkylation sites (N-methyl/N-ethyl adjacent to an activating group) is 1. The van der Waals surface area contributed by atoms with E-state index in [-0.39, 0.29) is 5.91 Å². The zero-order valence-electron chi connectivity index (χ0n) is 12.8. The van der Waals surface area contributed by atoms with Crippen LogP contribution in [0, 0.1) is 0 Å². The van der Waals surface area contributed by atoms with Crippen molar-refractivity contribution in [2.24, 2.45) is 0 Å². The maximum atomic E-state index is 12.1. The second-order valence-electron chi connectivity index (χ2n) is 5.33. The van der Waals surface area contributed by atoms with Crippen LogP contribution in [-0.4, -0.2) is 41.0 Å². The van der Waals surface area contributed by atoms with Gasteiger partial charge in [0.2, 0.25) is 0 Å². The van der Waals surface area contributed by atoms with Crippen LogP contribution in [0.2, 0.25) is 0 Å². The van der Waals surface area contributed by atoms with Gasteiger partial charge in [-0.2, -0.15) is 0 Å². The molecule has 120 valence electrons. The van der Waals surface area contributed by atoms with Gasteiger partial charge in [0.25, 0.3) is 5.91 Å². The van der Waals surface area contributed by atoms with Crippen LogP contribution in [-0.2, 0) is 6.54 Å². The molecule has 3 rings (SSSR count). The first-order chi connectivity index (χ1) is 11.0. The van der Waals surface area contributed by atoms with Crippen LogP contribution in [0.15, 0.2) is 38.3 Å². The van der Waals surface area contributed by atoms with Crippen LogP contribution < -0.4 is 11.1 Å². The summed E-state index contributed by atoms with van der Waals surface area (Å²) in [6.07, 6.45) is 0. The molecule has 0 spiro atoms. The van der Waals surface area contributed by atoms with E-state index in [1.165, 1.54) is 11.3 Å². The van der Waals surface area contributed by atoms with Gasteiger partial charge < -0.3 is 14.6 Å². The summed E-state index contributed by atoms with van der Waals surface area (Å²) >= 11 is 1.36. The lowest BCUT2D eigenvalue weighted by Gasteiger charge is -2.09. The zero-order valence-corrected chi connectivity index (χ0v) is 13.6. The van der Waals surface area contributed by atoms with Crippen LogP contribution in [0.4, 0.5) is 5.69 Å². The van der Waals surface area contributed by atoms with Crippen molar-refractivity contribution in [3.63, 3.8) is 0 Å². The predicted molar refractivity (Wildman–Crippen MR) is 89.1 cm³/mol. The van der Waals surface area contributed by atoms with E-state index < -0.39 is 5.76 Å². The van der Waals surface area contributed by atoms with Crippen molar-refractivity contribution in [1.82, 2.24) is 14.5 Å². The van der Waals surface area contributed by atoms with Crippen LogP contribution in [0.1, 0.15) is 10.5 Å². The van der Waals surface area contributed by atoms with Crippen LogP contribution in [0.3, 0.4) is 0 Å². The van der Waals surface area contributed by atoms with Crippen molar-refractivity contribution in [3.05, 3.63) is 45.3 Å². The number of fused-ring (bicyclic) bond motifs is 1. The summed E-state index contributed by atoms with van der Waals surface area (Å²) in [5.74, 6) is -0.680. The third kappa shape index (κ3) is 3.33. The Kier molecular flexibility index (Phi) is 4.26. The van der Waals surface area contributed by atoms with Gasteiger partial charge in [0, 0.05) is 24.2 Å². The molecule has 0 aliphatic heterocycles. The first kappa shape index (κ1) is 15.4. The summed E-state index contributed by atoms with van der Waals surface area (Å²) in [6.45, 7) is 1.23. The predicted octanol–water partition coefficient (Wildman–Crippen LogP) is 1.86. The molecular weight excluding hydrogens is 316 g/mol. The van der Waals surface area contributed by atoms with Crippen molar-refractivity contribution in [2.75, 3.05) is 26.0 Å². The number of hydrogen-bond donors (Lipinski definition) is 1. The van der Waals surface area contributed by atoms with Gasteiger partial charge >= 0.3 is 5.76 Å². The molecule has 2 aromatic heterocycles. The van der Waals surface area contributed by atoms with Crippen molar-refractivity contribution >= 4 is 34.0 Å². The van der Waals surface area contributed by atoms with Gasteiger partial charge in [0.1, 0.15) is 5.69 Å². The van der Waals surface area contributed by atoms with Gasteiger partial charge in [-0.15, -0.1) is 11.3 Å². The number of carbonyl (C=O) groups excluding carboxylic acids is 1. The van der Waals surface area contributed by atoms with Crippen molar-refractivity contribution in [3.8, 4) is 0 Å². The minimum absolute atomic E-state index is 0.281. The van der Waals surface area contributed by atoms with Crippen molar-refractivity contribution < 1.29 is 9.21 Å². The Morgan fingerprint density at radius 3 is 2.96 bits per heavy atom. The second-order valence-corrected chi connectivity index (χ2v) is 6.05. The number of thiazole rings is 1. The van der Waals surface area contributed by atoms with Gasteiger partial charge in [-0.3, -0.25) is 9.36 Å². The molecule has 0 aliphatic rings. The highest BCUT2D eigenvalue weighted by Crippen LogP contribution is 2.19. The SMILES string of the molecule is CN(C)CCn1c(=O)oc2ccc(NC(=O)c3cscn3)cc21. The number of benzene rings is 1. The molecule has 8 heteroatoms. The lowest BCUT2D eigenvalue weighted by atomic mass is 10.2. The Labute approximate surface area is 136 Å². The lowest BCUT2D eigenvalue weighted by Crippen LogP contribution is -2.23. The fourth-order valence-corrected chi connectivity index (χ4v) is 2.70. The Hall–Kier alpha value is -2.45. The number of nitrogens with one attached hydrogen (secondary N) is 1. The highest BCUT2D eigenvalue weighted by atomic mass is 32.1. The third-order valence-corrected chi connectivity index (χ3v) is 3.95. The zero-order chi connectivity index (χ0) is 16.4. The number of amides is 1. The summed E-state index contributed by atoms with van der Waals surface area (Å²) in [5, 5.41) is 4.45. The van der Waals surface area contributed by atoms with Gasteiger partial charge in [-0.25, -0.2) is 9.78 Å². The number of hydrogen-bond acceptors (Lipinski definition) is 6. The summed E-state index contributed by atoms with van der Waals surface area (Å²) in [4.78, 5) is 30.0. The molecule has 0 atom stereocenters. The molecule has 23 heavy (non-hydrogen) atoms. The quantitative estimate of drug-likeness (QED) is 0.771. The first-order valence-corrected chi connectivity index (χ1v) is 7.96. The normalized spacial score (nSPS) is 11.3. The number of anilines is 1. The van der Waals surface area contributed by atoms with E-state index in [1.54, 1.807) is 33.7 Å². The van der Waals surface area contributed by atoms with Gasteiger partial charge in [0.05, 0.1) is 11.0 Å². The maximum Gasteiger partial charge on any atom is 0.419 e. The molecule has 3 aromatic rings. The average Bonchev–Trinajstić information content (AvgIpc) is 3.12. The molecule has 0 fully saturated rings. The van der Waals surface area contributed by atoms with Crippen molar-refractivity contribution in [2.45, 2.75) is 6.54 Å². The monoisotopic (exact) mass is 332 g/mol. The Balaban J connectivity index is 1.89. The standard InChI is InChI=1S/C15H16N4O3S/c1-18(2)5-6-19-12-7-10(3-4-13(12)22-15(19)21)17-14(20)11-8-23-9-16-11/h3-4,7-9H,5-6H2,1-2H3,(H,17,20). The number of oxazole rings is 1. The summed E-state index contributed by atoms with van der Waals surface area (Å²) in [5.41, 5.74) is 3.73. The smallest absolute Gasteiger partial charge is 0.408 e. The van der Waals surface area contributed by atoms with Gasteiger partial charge in [-0.05, 0) is 32.3 Å². The minimum atomic E-state index is -0.398. The fourth-order valence-electron chi connectivity index (χ4n) is 2.17. The molecule has 0 aliphatic carbocycles. The number of carbonyl (C=O) groups is 1. The minimum Gasteiger partial charge on any atom is -0.408 e. The topological polar surface area (TPSA) is 80.4 Å². The highest BCUT2D eigenvalue weighted by Gasteiger charge is 2.12. The first-order valence-electron chi connectivity index (χ1n) is 7.02. The third-order valence-electron chi connectivity index (χ3n) is 3.36. The molecule has 1 N–H and O–H groups in total. The number of aromatic nitrogens is 2. The summed E-state index contributed by atoms with van der Waals surface area (Å²) in [6, 6.07) is 5.12. The van der Waals surface area contributed by atoms with E-state index in [0.717, 1.165) is 0 Å². The van der Waals surface area contributed by atoms with Crippen LogP contribution in [0.5, 0.6) is 0 Å². The van der Waals surface area contributed by atoms with Crippen LogP contribution >= 0.6 is 11.3 Å². The molecule has 0 radical (unpaired) electrons. The van der Waals surface area contributed by atoms with Crippen molar-refractivity contribution in [1.29, 1.82) is 0 Å². The van der Waals surface area contributed by atoms with E-state index in [1.807, 2.05) is 19.0 Å². The molecule has 2 heterocycles. The van der Waals surface area contributed by atoms with E-state index in [2.05, 4.69) is 10.3 Å². The summed E-state index contributed by atoms with van der Waals surface area (Å²) < 4.78 is 6.79. The molecule has 0 saturated carbocycles. The van der Waals surface area contributed by atoms with E-state index in [9.17, 15) is 9.59 Å². The Bertz CT molecular complexity index is 880. The molecule has 0 bridgehead atoms. The van der Waals surface area contributed by atoms with E-state index in [4.69, 9.17) is 4.42 Å². The molecule has 7 nitrogen and oxygen atoms in total. The second kappa shape index (κ2) is 6.35. The van der Waals surface area contributed by atoms with E-state index in [0.29, 0.717) is 35.6 Å². The molecular formula is C15H16N4O3S. The maximum absolute atomic E-state index is 12.1.